The number of hydrogen-bond donors (Lipinski definition) is 1. The maximum atomic E-state index is 5.44. The minimum Gasteiger partial charge on any atom is -0.329 e. The van der Waals surface area contributed by atoms with Crippen LogP contribution in [0.4, 0.5) is 0 Å². The van der Waals surface area contributed by atoms with Gasteiger partial charge in [0.2, 0.25) is 0 Å². The molecule has 2 aromatic rings. The fourth-order valence-electron chi connectivity index (χ4n) is 1.30. The molecule has 4 nitrogen and oxygen atoms in total. The lowest BCUT2D eigenvalue weighted by Crippen LogP contribution is -2.09. The average molecular weight is 188 g/mol. The number of hydrogen-bond acceptors (Lipinski definition) is 3. The minimum atomic E-state index is 0.609. The Bertz CT molecular complexity index is 394. The van der Waals surface area contributed by atoms with Crippen molar-refractivity contribution in [1.82, 2.24) is 14.8 Å². The van der Waals surface area contributed by atoms with Crippen LogP contribution in [0.15, 0.2) is 36.8 Å². The Morgan fingerprint density at radius 2 is 2.00 bits per heavy atom. The van der Waals surface area contributed by atoms with E-state index in [4.69, 9.17) is 5.73 Å². The van der Waals surface area contributed by atoms with E-state index in [1.54, 1.807) is 12.4 Å². The quantitative estimate of drug-likeness (QED) is 0.778. The first kappa shape index (κ1) is 8.90. The SMILES string of the molecule is NCCn1ccc(-c2ccncc2)n1. The molecule has 0 radical (unpaired) electrons. The van der Waals surface area contributed by atoms with Crippen molar-refractivity contribution >= 4 is 0 Å². The van der Waals surface area contributed by atoms with E-state index in [1.165, 1.54) is 0 Å². The van der Waals surface area contributed by atoms with Crippen LogP contribution in [0.25, 0.3) is 11.3 Å². The van der Waals surface area contributed by atoms with E-state index < -0.39 is 0 Å². The second-order valence-corrected chi connectivity index (χ2v) is 2.99. The molecule has 0 aliphatic heterocycles. The molecule has 4 heteroatoms. The van der Waals surface area contributed by atoms with E-state index in [1.807, 2.05) is 29.1 Å². The molecule has 2 aromatic heterocycles. The third-order valence-electron chi connectivity index (χ3n) is 1.97. The Morgan fingerprint density at radius 1 is 1.21 bits per heavy atom. The predicted octanol–water partition coefficient (Wildman–Crippen LogP) is 0.904. The highest BCUT2D eigenvalue weighted by Crippen LogP contribution is 2.14. The average Bonchev–Trinajstić information content (AvgIpc) is 2.68. The molecular weight excluding hydrogens is 176 g/mol. The van der Waals surface area contributed by atoms with Gasteiger partial charge in [0.05, 0.1) is 12.2 Å². The third-order valence-corrected chi connectivity index (χ3v) is 1.97. The first-order valence-corrected chi connectivity index (χ1v) is 4.54. The van der Waals surface area contributed by atoms with Gasteiger partial charge in [0.15, 0.2) is 0 Å². The Hall–Kier alpha value is -1.68. The van der Waals surface area contributed by atoms with Gasteiger partial charge in [0.1, 0.15) is 0 Å². The van der Waals surface area contributed by atoms with Gasteiger partial charge in [-0.25, -0.2) is 0 Å². The van der Waals surface area contributed by atoms with Crippen LogP contribution < -0.4 is 5.73 Å². The summed E-state index contributed by atoms with van der Waals surface area (Å²) in [6.07, 6.45) is 5.46. The molecule has 0 unspecified atom stereocenters. The highest BCUT2D eigenvalue weighted by atomic mass is 15.3. The zero-order chi connectivity index (χ0) is 9.80. The number of pyridine rings is 1. The molecule has 0 saturated heterocycles. The molecule has 0 saturated carbocycles. The number of nitrogens with two attached hydrogens (primary N) is 1. The molecular formula is C10H12N4. The standard InChI is InChI=1S/C10H12N4/c11-4-8-14-7-3-10(13-14)9-1-5-12-6-2-9/h1-3,5-7H,4,8,11H2. The Balaban J connectivity index is 2.25. The van der Waals surface area contributed by atoms with Crippen LogP contribution in [-0.4, -0.2) is 21.3 Å². The molecule has 2 N–H and O–H groups in total. The van der Waals surface area contributed by atoms with Crippen LogP contribution in [0, 0.1) is 0 Å². The van der Waals surface area contributed by atoms with Crippen molar-refractivity contribution in [3.8, 4) is 11.3 Å². The van der Waals surface area contributed by atoms with Gasteiger partial charge in [-0.15, -0.1) is 0 Å². The zero-order valence-electron chi connectivity index (χ0n) is 7.80. The lowest BCUT2D eigenvalue weighted by atomic mass is 10.2. The van der Waals surface area contributed by atoms with Crippen LogP contribution in [0.1, 0.15) is 0 Å². The zero-order valence-corrected chi connectivity index (χ0v) is 7.80. The van der Waals surface area contributed by atoms with E-state index in [2.05, 4.69) is 10.1 Å². The molecule has 0 atom stereocenters. The van der Waals surface area contributed by atoms with E-state index in [9.17, 15) is 0 Å². The van der Waals surface area contributed by atoms with Crippen LogP contribution >= 0.6 is 0 Å². The monoisotopic (exact) mass is 188 g/mol. The molecule has 14 heavy (non-hydrogen) atoms. The van der Waals surface area contributed by atoms with Crippen molar-refractivity contribution in [3.63, 3.8) is 0 Å². The molecule has 0 aliphatic carbocycles. The highest BCUT2D eigenvalue weighted by molar-refractivity contribution is 5.57. The highest BCUT2D eigenvalue weighted by Gasteiger charge is 2.00. The summed E-state index contributed by atoms with van der Waals surface area (Å²) in [5.74, 6) is 0. The second kappa shape index (κ2) is 4.02. The predicted molar refractivity (Wildman–Crippen MR) is 54.5 cm³/mol. The van der Waals surface area contributed by atoms with Crippen LogP contribution in [0.5, 0.6) is 0 Å². The summed E-state index contributed by atoms with van der Waals surface area (Å²) in [5, 5.41) is 4.38. The van der Waals surface area contributed by atoms with Crippen LogP contribution in [0.2, 0.25) is 0 Å². The topological polar surface area (TPSA) is 56.7 Å². The molecule has 0 bridgehead atoms. The van der Waals surface area contributed by atoms with E-state index in [-0.39, 0.29) is 0 Å². The molecule has 0 aromatic carbocycles. The summed E-state index contributed by atoms with van der Waals surface area (Å²) in [5.41, 5.74) is 7.48. The smallest absolute Gasteiger partial charge is 0.0924 e. The summed E-state index contributed by atoms with van der Waals surface area (Å²) in [6, 6.07) is 5.86. The molecule has 0 fully saturated rings. The number of nitrogens with zero attached hydrogens (tertiary/aromatic N) is 3. The number of rotatable bonds is 3. The molecule has 0 spiro atoms. The molecule has 2 rings (SSSR count). The van der Waals surface area contributed by atoms with Gasteiger partial charge in [-0.2, -0.15) is 5.10 Å². The fourth-order valence-corrected chi connectivity index (χ4v) is 1.30. The fraction of sp³-hybridized carbons (Fsp3) is 0.200. The largest absolute Gasteiger partial charge is 0.329 e. The maximum Gasteiger partial charge on any atom is 0.0924 e. The van der Waals surface area contributed by atoms with E-state index >= 15 is 0 Å². The van der Waals surface area contributed by atoms with Crippen molar-refractivity contribution in [3.05, 3.63) is 36.8 Å². The molecule has 0 amide bonds. The first-order chi connectivity index (χ1) is 6.90. The Kier molecular flexibility index (Phi) is 2.55. The summed E-state index contributed by atoms with van der Waals surface area (Å²) >= 11 is 0. The van der Waals surface area contributed by atoms with Gasteiger partial charge in [0.25, 0.3) is 0 Å². The first-order valence-electron chi connectivity index (χ1n) is 4.54. The van der Waals surface area contributed by atoms with Gasteiger partial charge < -0.3 is 5.73 Å². The maximum absolute atomic E-state index is 5.44. The van der Waals surface area contributed by atoms with Crippen molar-refractivity contribution in [2.75, 3.05) is 6.54 Å². The van der Waals surface area contributed by atoms with Gasteiger partial charge in [-0.05, 0) is 18.2 Å². The molecule has 72 valence electrons. The van der Waals surface area contributed by atoms with Crippen molar-refractivity contribution in [2.24, 2.45) is 5.73 Å². The Morgan fingerprint density at radius 3 is 2.71 bits per heavy atom. The lowest BCUT2D eigenvalue weighted by Gasteiger charge is -1.97. The minimum absolute atomic E-state index is 0.609. The normalized spacial score (nSPS) is 10.4. The van der Waals surface area contributed by atoms with Crippen LogP contribution in [0.3, 0.4) is 0 Å². The molecule has 2 heterocycles. The third kappa shape index (κ3) is 1.80. The summed E-state index contributed by atoms with van der Waals surface area (Å²) in [6.45, 7) is 1.36. The van der Waals surface area contributed by atoms with Crippen molar-refractivity contribution < 1.29 is 0 Å². The van der Waals surface area contributed by atoms with E-state index in [0.29, 0.717) is 6.54 Å². The lowest BCUT2D eigenvalue weighted by molar-refractivity contribution is 0.627. The van der Waals surface area contributed by atoms with Crippen molar-refractivity contribution in [1.29, 1.82) is 0 Å². The van der Waals surface area contributed by atoms with Crippen LogP contribution in [-0.2, 0) is 6.54 Å². The molecule has 0 aliphatic rings. The van der Waals surface area contributed by atoms with Gasteiger partial charge in [-0.3, -0.25) is 9.67 Å². The van der Waals surface area contributed by atoms with Crippen molar-refractivity contribution in [2.45, 2.75) is 6.54 Å². The number of aromatic nitrogens is 3. The summed E-state index contributed by atoms with van der Waals surface area (Å²) < 4.78 is 1.84. The summed E-state index contributed by atoms with van der Waals surface area (Å²) in [7, 11) is 0. The van der Waals surface area contributed by atoms with E-state index in [0.717, 1.165) is 17.8 Å². The summed E-state index contributed by atoms with van der Waals surface area (Å²) in [4.78, 5) is 3.96. The Labute approximate surface area is 82.4 Å². The second-order valence-electron chi connectivity index (χ2n) is 2.99. The van der Waals surface area contributed by atoms with Gasteiger partial charge in [-0.1, -0.05) is 0 Å². The van der Waals surface area contributed by atoms with Gasteiger partial charge >= 0.3 is 0 Å². The van der Waals surface area contributed by atoms with Gasteiger partial charge in [0, 0.05) is 30.7 Å².